The van der Waals surface area contributed by atoms with Gasteiger partial charge in [0.2, 0.25) is 0 Å². The first-order chi connectivity index (χ1) is 9.75. The summed E-state index contributed by atoms with van der Waals surface area (Å²) in [5.74, 6) is -0.355. The minimum atomic E-state index is -0.560. The number of hydrogen-bond acceptors (Lipinski definition) is 3. The van der Waals surface area contributed by atoms with Gasteiger partial charge < -0.3 is 4.74 Å². The normalized spacial score (nSPS) is 19.0. The van der Waals surface area contributed by atoms with Crippen LogP contribution in [-0.2, 0) is 9.53 Å². The van der Waals surface area contributed by atoms with Gasteiger partial charge >= 0.3 is 5.97 Å². The molecule has 0 N–H and O–H groups in total. The maximum atomic E-state index is 12.3. The van der Waals surface area contributed by atoms with E-state index in [1.54, 1.807) is 6.07 Å². The van der Waals surface area contributed by atoms with Gasteiger partial charge in [-0.2, -0.15) is 0 Å². The van der Waals surface area contributed by atoms with Gasteiger partial charge in [-0.1, -0.05) is 36.4 Å². The zero-order valence-electron chi connectivity index (χ0n) is 11.2. The molecule has 2 aromatic carbocycles. The van der Waals surface area contributed by atoms with E-state index in [-0.39, 0.29) is 5.78 Å². The topological polar surface area (TPSA) is 43.4 Å². The predicted molar refractivity (Wildman–Crippen MR) is 76.6 cm³/mol. The van der Waals surface area contributed by atoms with E-state index in [9.17, 15) is 9.59 Å². The molecule has 0 bridgehead atoms. The molecule has 0 aliphatic heterocycles. The molecule has 0 spiro atoms. The summed E-state index contributed by atoms with van der Waals surface area (Å²) in [6, 6.07) is 13.2. The Morgan fingerprint density at radius 2 is 1.85 bits per heavy atom. The highest BCUT2D eigenvalue weighted by molar-refractivity contribution is 6.05. The van der Waals surface area contributed by atoms with E-state index in [2.05, 4.69) is 0 Å². The van der Waals surface area contributed by atoms with Gasteiger partial charge in [-0.3, -0.25) is 4.79 Å². The fourth-order valence-electron chi connectivity index (χ4n) is 2.67. The molecule has 1 unspecified atom stereocenters. The van der Waals surface area contributed by atoms with Gasteiger partial charge in [-0.15, -0.1) is 0 Å². The first-order valence-corrected chi connectivity index (χ1v) is 6.97. The molecule has 3 nitrogen and oxygen atoms in total. The van der Waals surface area contributed by atoms with E-state index in [0.29, 0.717) is 18.4 Å². The molecule has 102 valence electrons. The molecule has 3 heteroatoms. The van der Waals surface area contributed by atoms with Gasteiger partial charge in [0.25, 0.3) is 0 Å². The predicted octanol–water partition coefficient (Wildman–Crippen LogP) is 3.51. The number of esters is 1. The van der Waals surface area contributed by atoms with Gasteiger partial charge in [-0.25, -0.2) is 4.79 Å². The third-order valence-electron chi connectivity index (χ3n) is 3.76. The van der Waals surface area contributed by atoms with Gasteiger partial charge in [0.15, 0.2) is 11.9 Å². The Bertz CT molecular complexity index is 655. The van der Waals surface area contributed by atoms with E-state index in [1.165, 1.54) is 0 Å². The average Bonchev–Trinajstić information content (AvgIpc) is 2.49. The molecule has 3 rings (SSSR count). The summed E-state index contributed by atoms with van der Waals surface area (Å²) in [4.78, 5) is 24.0. The molecule has 20 heavy (non-hydrogen) atoms. The van der Waals surface area contributed by atoms with Crippen molar-refractivity contribution in [3.63, 3.8) is 0 Å². The Morgan fingerprint density at radius 1 is 1.05 bits per heavy atom. The van der Waals surface area contributed by atoms with Crippen molar-refractivity contribution in [3.05, 3.63) is 48.0 Å². The molecule has 1 saturated carbocycles. The largest absolute Gasteiger partial charge is 0.451 e. The first-order valence-electron chi connectivity index (χ1n) is 6.97. The van der Waals surface area contributed by atoms with Crippen molar-refractivity contribution in [2.24, 2.45) is 0 Å². The summed E-state index contributed by atoms with van der Waals surface area (Å²) in [6.07, 6.45) is 2.46. The number of carbonyl (C=O) groups excluding carboxylic acids is 2. The molecule has 0 amide bonds. The van der Waals surface area contributed by atoms with Crippen molar-refractivity contribution in [2.45, 2.75) is 31.8 Å². The molecule has 1 atom stereocenters. The number of carbonyl (C=O) groups is 2. The van der Waals surface area contributed by atoms with Crippen LogP contribution in [0.3, 0.4) is 0 Å². The van der Waals surface area contributed by atoms with Crippen LogP contribution in [0.2, 0.25) is 0 Å². The van der Waals surface area contributed by atoms with Crippen LogP contribution >= 0.6 is 0 Å². The molecule has 2 aromatic rings. The highest BCUT2D eigenvalue weighted by atomic mass is 16.5. The standard InChI is InChI=1S/C17H16O3/c18-15-10-3-4-11-16(15)20-17(19)14-9-5-7-12-6-1-2-8-13(12)14/h1-2,5-9,16H,3-4,10-11H2. The van der Waals surface area contributed by atoms with Crippen molar-refractivity contribution in [1.82, 2.24) is 0 Å². The minimum absolute atomic E-state index is 0.0461. The lowest BCUT2D eigenvalue weighted by atomic mass is 9.96. The summed E-state index contributed by atoms with van der Waals surface area (Å²) in [5.41, 5.74) is 0.529. The second kappa shape index (κ2) is 5.45. The Hall–Kier alpha value is -2.16. The minimum Gasteiger partial charge on any atom is -0.451 e. The second-order valence-corrected chi connectivity index (χ2v) is 5.13. The van der Waals surface area contributed by atoms with Crippen molar-refractivity contribution in [1.29, 1.82) is 0 Å². The van der Waals surface area contributed by atoms with Crippen LogP contribution in [0.15, 0.2) is 42.5 Å². The highest BCUT2D eigenvalue weighted by Crippen LogP contribution is 2.22. The lowest BCUT2D eigenvalue weighted by molar-refractivity contribution is -0.129. The van der Waals surface area contributed by atoms with E-state index >= 15 is 0 Å². The Balaban J connectivity index is 1.87. The van der Waals surface area contributed by atoms with Crippen LogP contribution in [0.4, 0.5) is 0 Å². The summed E-state index contributed by atoms with van der Waals surface area (Å²) in [7, 11) is 0. The van der Waals surface area contributed by atoms with Crippen LogP contribution in [0.25, 0.3) is 10.8 Å². The van der Waals surface area contributed by atoms with Crippen LogP contribution in [0.1, 0.15) is 36.0 Å². The lowest BCUT2D eigenvalue weighted by Crippen LogP contribution is -2.30. The monoisotopic (exact) mass is 268 g/mol. The number of fused-ring (bicyclic) bond motifs is 1. The Labute approximate surface area is 117 Å². The van der Waals surface area contributed by atoms with Gasteiger partial charge in [0.1, 0.15) is 0 Å². The number of ether oxygens (including phenoxy) is 1. The zero-order chi connectivity index (χ0) is 13.9. The molecular weight excluding hydrogens is 252 g/mol. The highest BCUT2D eigenvalue weighted by Gasteiger charge is 2.26. The average molecular weight is 268 g/mol. The third-order valence-corrected chi connectivity index (χ3v) is 3.76. The van der Waals surface area contributed by atoms with Crippen LogP contribution in [0.5, 0.6) is 0 Å². The molecular formula is C17H16O3. The van der Waals surface area contributed by atoms with E-state index in [1.807, 2.05) is 36.4 Å². The molecule has 1 aliphatic carbocycles. The quantitative estimate of drug-likeness (QED) is 0.783. The molecule has 0 heterocycles. The summed E-state index contributed by atoms with van der Waals surface area (Å²) in [5, 5.41) is 1.86. The van der Waals surface area contributed by atoms with Crippen molar-refractivity contribution < 1.29 is 14.3 Å². The van der Waals surface area contributed by atoms with E-state index in [0.717, 1.165) is 23.6 Å². The van der Waals surface area contributed by atoms with Crippen LogP contribution in [0, 0.1) is 0 Å². The number of ketones is 1. The van der Waals surface area contributed by atoms with Crippen molar-refractivity contribution in [3.8, 4) is 0 Å². The van der Waals surface area contributed by atoms with Gasteiger partial charge in [0.05, 0.1) is 5.56 Å². The van der Waals surface area contributed by atoms with Crippen molar-refractivity contribution >= 4 is 22.5 Å². The van der Waals surface area contributed by atoms with Crippen molar-refractivity contribution in [2.75, 3.05) is 0 Å². The van der Waals surface area contributed by atoms with Gasteiger partial charge in [-0.05, 0) is 36.1 Å². The van der Waals surface area contributed by atoms with E-state index < -0.39 is 12.1 Å². The van der Waals surface area contributed by atoms with Crippen LogP contribution in [-0.4, -0.2) is 17.9 Å². The molecule has 0 aromatic heterocycles. The lowest BCUT2D eigenvalue weighted by Gasteiger charge is -2.21. The molecule has 1 aliphatic rings. The molecule has 0 radical (unpaired) electrons. The third kappa shape index (κ3) is 2.44. The number of Topliss-reactive ketones (excluding diaryl/α,β-unsaturated/α-hetero) is 1. The fraction of sp³-hybridized carbons (Fsp3) is 0.294. The first kappa shape index (κ1) is 12.9. The number of rotatable bonds is 2. The maximum absolute atomic E-state index is 12.3. The summed E-state index contributed by atoms with van der Waals surface area (Å²) in [6.45, 7) is 0. The summed E-state index contributed by atoms with van der Waals surface area (Å²) >= 11 is 0. The zero-order valence-corrected chi connectivity index (χ0v) is 11.2. The Kier molecular flexibility index (Phi) is 3.50. The number of benzene rings is 2. The SMILES string of the molecule is O=C(OC1CCCCC1=O)c1cccc2ccccc12. The van der Waals surface area contributed by atoms with Gasteiger partial charge in [0, 0.05) is 6.42 Å². The van der Waals surface area contributed by atoms with Crippen LogP contribution < -0.4 is 0 Å². The number of hydrogen-bond donors (Lipinski definition) is 0. The molecule has 0 saturated heterocycles. The second-order valence-electron chi connectivity index (χ2n) is 5.13. The molecule has 1 fully saturated rings. The summed E-state index contributed by atoms with van der Waals surface area (Å²) < 4.78 is 5.41. The smallest absolute Gasteiger partial charge is 0.339 e. The van der Waals surface area contributed by atoms with E-state index in [4.69, 9.17) is 4.74 Å². The fourth-order valence-corrected chi connectivity index (χ4v) is 2.67. The maximum Gasteiger partial charge on any atom is 0.339 e. The Morgan fingerprint density at radius 3 is 2.70 bits per heavy atom.